The lowest BCUT2D eigenvalue weighted by molar-refractivity contribution is 0.0749. The van der Waals surface area contributed by atoms with Gasteiger partial charge < -0.3 is 15.0 Å². The van der Waals surface area contributed by atoms with Crippen LogP contribution < -0.4 is 10.1 Å². The highest BCUT2D eigenvalue weighted by molar-refractivity contribution is 6.31. The van der Waals surface area contributed by atoms with Crippen molar-refractivity contribution < 1.29 is 14.3 Å². The van der Waals surface area contributed by atoms with Gasteiger partial charge >= 0.3 is 0 Å². The van der Waals surface area contributed by atoms with Crippen LogP contribution >= 0.6 is 11.6 Å². The van der Waals surface area contributed by atoms with E-state index in [0.717, 1.165) is 12.8 Å². The first-order chi connectivity index (χ1) is 13.0. The normalized spacial score (nSPS) is 10.4. The molecule has 0 fully saturated rings. The summed E-state index contributed by atoms with van der Waals surface area (Å²) >= 11 is 5.99. The fourth-order valence-electron chi connectivity index (χ4n) is 2.66. The van der Waals surface area contributed by atoms with E-state index in [1.807, 2.05) is 13.8 Å². The number of methoxy groups -OCH3 is 1. The van der Waals surface area contributed by atoms with Gasteiger partial charge in [0, 0.05) is 18.1 Å². The first kappa shape index (κ1) is 20.7. The van der Waals surface area contributed by atoms with E-state index in [1.165, 1.54) is 7.11 Å². The summed E-state index contributed by atoms with van der Waals surface area (Å²) in [7, 11) is 1.51. The summed E-state index contributed by atoms with van der Waals surface area (Å²) in [4.78, 5) is 31.3. The van der Waals surface area contributed by atoms with Gasteiger partial charge in [-0.1, -0.05) is 31.5 Å². The molecule has 0 aliphatic heterocycles. The lowest BCUT2D eigenvalue weighted by atomic mass is 10.2. The third-order valence-corrected chi connectivity index (χ3v) is 4.12. The molecule has 0 spiro atoms. The number of carbonyl (C=O) groups is 2. The number of aromatic nitrogens is 1. The summed E-state index contributed by atoms with van der Waals surface area (Å²) in [6.45, 7) is 5.35. The minimum absolute atomic E-state index is 0.149. The molecule has 0 atom stereocenters. The van der Waals surface area contributed by atoms with Gasteiger partial charge in [-0.05, 0) is 43.2 Å². The number of hydrogen-bond donors (Lipinski definition) is 1. The maximum Gasteiger partial charge on any atom is 0.274 e. The molecule has 1 aromatic carbocycles. The summed E-state index contributed by atoms with van der Waals surface area (Å²) in [6.07, 6.45) is 1.72. The average Bonchev–Trinajstić information content (AvgIpc) is 2.67. The van der Waals surface area contributed by atoms with E-state index in [2.05, 4.69) is 10.3 Å². The third-order valence-electron chi connectivity index (χ3n) is 3.88. The van der Waals surface area contributed by atoms with Gasteiger partial charge in [0.2, 0.25) is 0 Å². The Balaban J connectivity index is 2.22. The minimum atomic E-state index is -0.442. The molecule has 0 aliphatic carbocycles. The van der Waals surface area contributed by atoms with Crippen LogP contribution in [0.3, 0.4) is 0 Å². The van der Waals surface area contributed by atoms with Crippen LogP contribution in [0.2, 0.25) is 5.02 Å². The maximum atomic E-state index is 12.7. The zero-order valence-corrected chi connectivity index (χ0v) is 16.5. The van der Waals surface area contributed by atoms with E-state index >= 15 is 0 Å². The highest BCUT2D eigenvalue weighted by atomic mass is 35.5. The van der Waals surface area contributed by atoms with E-state index in [1.54, 1.807) is 41.3 Å². The molecule has 0 bridgehead atoms. The molecule has 27 heavy (non-hydrogen) atoms. The van der Waals surface area contributed by atoms with Crippen LogP contribution in [0.5, 0.6) is 5.75 Å². The molecule has 6 nitrogen and oxygen atoms in total. The number of benzene rings is 1. The Labute approximate surface area is 164 Å². The first-order valence-electron chi connectivity index (χ1n) is 8.91. The van der Waals surface area contributed by atoms with Crippen LogP contribution in [-0.4, -0.2) is 41.9 Å². The molecular formula is C20H24ClN3O3. The summed E-state index contributed by atoms with van der Waals surface area (Å²) in [6, 6.07) is 9.77. The zero-order valence-electron chi connectivity index (χ0n) is 15.8. The second-order valence-electron chi connectivity index (χ2n) is 6.00. The van der Waals surface area contributed by atoms with Gasteiger partial charge in [0.25, 0.3) is 11.8 Å². The molecule has 0 saturated heterocycles. The van der Waals surface area contributed by atoms with Crippen LogP contribution in [0.15, 0.2) is 36.4 Å². The topological polar surface area (TPSA) is 71.5 Å². The Morgan fingerprint density at radius 3 is 2.41 bits per heavy atom. The van der Waals surface area contributed by atoms with Crippen molar-refractivity contribution in [3.63, 3.8) is 0 Å². The van der Waals surface area contributed by atoms with Gasteiger partial charge in [-0.25, -0.2) is 4.98 Å². The Hall–Kier alpha value is -2.60. The fraction of sp³-hybridized carbons (Fsp3) is 0.350. The Kier molecular flexibility index (Phi) is 7.61. The molecule has 2 amide bonds. The highest BCUT2D eigenvalue weighted by Crippen LogP contribution is 2.28. The van der Waals surface area contributed by atoms with Crippen molar-refractivity contribution in [1.29, 1.82) is 0 Å². The molecule has 144 valence electrons. The predicted octanol–water partition coefficient (Wildman–Crippen LogP) is 4.26. The average molecular weight is 390 g/mol. The molecule has 1 N–H and O–H groups in total. The van der Waals surface area contributed by atoms with Crippen molar-refractivity contribution in [2.24, 2.45) is 0 Å². The van der Waals surface area contributed by atoms with E-state index in [9.17, 15) is 9.59 Å². The molecule has 7 heteroatoms. The van der Waals surface area contributed by atoms with Gasteiger partial charge in [0.1, 0.15) is 17.1 Å². The lowest BCUT2D eigenvalue weighted by Crippen LogP contribution is -2.33. The van der Waals surface area contributed by atoms with Crippen molar-refractivity contribution in [2.45, 2.75) is 26.7 Å². The zero-order chi connectivity index (χ0) is 19.8. The van der Waals surface area contributed by atoms with E-state index in [-0.39, 0.29) is 17.3 Å². The second-order valence-corrected chi connectivity index (χ2v) is 6.44. The molecule has 1 aromatic heterocycles. The number of carbonyl (C=O) groups excluding carboxylic acids is 2. The van der Waals surface area contributed by atoms with Gasteiger partial charge in [-0.15, -0.1) is 0 Å². The third kappa shape index (κ3) is 5.44. The SMILES string of the molecule is CCCN(CCC)C(=O)c1cccc(C(=O)Nc2cc(Cl)ccc2OC)n1. The molecule has 1 heterocycles. The molecule has 0 aliphatic rings. The number of ether oxygens (including phenoxy) is 1. The van der Waals surface area contributed by atoms with Gasteiger partial charge in [0.15, 0.2) is 0 Å². The second kappa shape index (κ2) is 9.92. The van der Waals surface area contributed by atoms with E-state index < -0.39 is 5.91 Å². The quantitative estimate of drug-likeness (QED) is 0.732. The van der Waals surface area contributed by atoms with Crippen LogP contribution in [-0.2, 0) is 0 Å². The van der Waals surface area contributed by atoms with Crippen LogP contribution in [0.1, 0.15) is 47.7 Å². The number of hydrogen-bond acceptors (Lipinski definition) is 4. The Morgan fingerprint density at radius 2 is 1.78 bits per heavy atom. The van der Waals surface area contributed by atoms with Crippen molar-refractivity contribution in [2.75, 3.05) is 25.5 Å². The van der Waals surface area contributed by atoms with Gasteiger partial charge in [-0.3, -0.25) is 9.59 Å². The highest BCUT2D eigenvalue weighted by Gasteiger charge is 2.18. The number of nitrogens with one attached hydrogen (secondary N) is 1. The van der Waals surface area contributed by atoms with Crippen molar-refractivity contribution in [3.05, 3.63) is 52.8 Å². The molecule has 2 aromatic rings. The number of halogens is 1. The summed E-state index contributed by atoms with van der Waals surface area (Å²) in [5, 5.41) is 3.20. The molecule has 0 unspecified atom stereocenters. The smallest absolute Gasteiger partial charge is 0.274 e. The molecule has 2 rings (SSSR count). The largest absolute Gasteiger partial charge is 0.495 e. The maximum absolute atomic E-state index is 12.7. The van der Waals surface area contributed by atoms with Crippen LogP contribution in [0.25, 0.3) is 0 Å². The van der Waals surface area contributed by atoms with Gasteiger partial charge in [-0.2, -0.15) is 0 Å². The monoisotopic (exact) mass is 389 g/mol. The number of anilines is 1. The van der Waals surface area contributed by atoms with Crippen molar-refractivity contribution in [3.8, 4) is 5.75 Å². The lowest BCUT2D eigenvalue weighted by Gasteiger charge is -2.21. The Morgan fingerprint density at radius 1 is 1.11 bits per heavy atom. The number of amides is 2. The van der Waals surface area contributed by atoms with E-state index in [4.69, 9.17) is 16.3 Å². The Bertz CT molecular complexity index is 805. The first-order valence-corrected chi connectivity index (χ1v) is 9.29. The molecule has 0 saturated carbocycles. The van der Waals surface area contributed by atoms with Crippen molar-refractivity contribution in [1.82, 2.24) is 9.88 Å². The van der Waals surface area contributed by atoms with Crippen molar-refractivity contribution >= 4 is 29.1 Å². The number of nitrogens with zero attached hydrogens (tertiary/aromatic N) is 2. The predicted molar refractivity (Wildman–Crippen MR) is 107 cm³/mol. The molecule has 0 radical (unpaired) electrons. The summed E-state index contributed by atoms with van der Waals surface area (Å²) < 4.78 is 5.23. The van der Waals surface area contributed by atoms with Crippen LogP contribution in [0, 0.1) is 0 Å². The van der Waals surface area contributed by atoms with E-state index in [0.29, 0.717) is 29.5 Å². The molecular weight excluding hydrogens is 366 g/mol. The van der Waals surface area contributed by atoms with Gasteiger partial charge in [0.05, 0.1) is 12.8 Å². The van der Waals surface area contributed by atoms with Crippen LogP contribution in [0.4, 0.5) is 5.69 Å². The standard InChI is InChI=1S/C20H24ClN3O3/c1-4-11-24(12-5-2)20(26)16-8-6-7-15(22-16)19(25)23-17-13-14(21)9-10-18(17)27-3/h6-10,13H,4-5,11-12H2,1-3H3,(H,23,25). The fourth-order valence-corrected chi connectivity index (χ4v) is 2.83. The minimum Gasteiger partial charge on any atom is -0.495 e. The number of pyridine rings is 1. The number of rotatable bonds is 8. The summed E-state index contributed by atoms with van der Waals surface area (Å²) in [5.41, 5.74) is 0.838. The summed E-state index contributed by atoms with van der Waals surface area (Å²) in [5.74, 6) is -0.131.